The number of amides is 2. The molecule has 0 aliphatic heterocycles. The van der Waals surface area contributed by atoms with Crippen LogP contribution in [0.1, 0.15) is 12.5 Å². The van der Waals surface area contributed by atoms with Gasteiger partial charge in [0.15, 0.2) is 0 Å². The lowest BCUT2D eigenvalue weighted by Crippen LogP contribution is -2.32. The van der Waals surface area contributed by atoms with Crippen molar-refractivity contribution in [3.63, 3.8) is 0 Å². The monoisotopic (exact) mass is 336 g/mol. The first-order chi connectivity index (χ1) is 10.8. The zero-order chi connectivity index (χ0) is 17.5. The largest absolute Gasteiger partial charge is 0.450 e. The Balaban J connectivity index is 2.52. The number of nitrogens with zero attached hydrogens (tertiary/aromatic N) is 1. The molecule has 0 saturated heterocycles. The summed E-state index contributed by atoms with van der Waals surface area (Å²) >= 11 is 0. The molecule has 23 heavy (non-hydrogen) atoms. The van der Waals surface area contributed by atoms with Gasteiger partial charge in [0.1, 0.15) is 6.61 Å². The molecule has 0 radical (unpaired) electrons. The summed E-state index contributed by atoms with van der Waals surface area (Å²) < 4.78 is 46.8. The van der Waals surface area contributed by atoms with Crippen molar-refractivity contribution in [3.05, 3.63) is 29.8 Å². The van der Waals surface area contributed by atoms with Crippen LogP contribution in [0.4, 0.5) is 28.4 Å². The fraction of sp³-hybridized carbons (Fsp3) is 0.385. The minimum atomic E-state index is -4.61. The molecule has 0 aliphatic rings. The number of benzene rings is 1. The Hall–Kier alpha value is -2.49. The van der Waals surface area contributed by atoms with Gasteiger partial charge in [0.25, 0.3) is 0 Å². The average molecular weight is 336 g/mol. The van der Waals surface area contributed by atoms with Crippen LogP contribution in [-0.4, -0.2) is 37.2 Å². The van der Waals surface area contributed by atoms with Crippen molar-refractivity contribution < 1.29 is 37.4 Å². The molecule has 7 nitrogen and oxygen atoms in total. The van der Waals surface area contributed by atoms with Crippen molar-refractivity contribution in [2.75, 3.05) is 24.8 Å². The number of ether oxygens (including phenoxy) is 2. The second kappa shape index (κ2) is 8.22. The van der Waals surface area contributed by atoms with Gasteiger partial charge in [0.2, 0.25) is 0 Å². The summed E-state index contributed by atoms with van der Waals surface area (Å²) in [5, 5.41) is 11.8. The third-order valence-electron chi connectivity index (χ3n) is 2.46. The molecule has 1 aromatic rings. The number of alkyl carbamates (subject to hydrolysis) is 1. The average Bonchev–Trinajstić information content (AvgIpc) is 2.50. The predicted molar refractivity (Wildman–Crippen MR) is 72.1 cm³/mol. The van der Waals surface area contributed by atoms with Crippen LogP contribution in [0.2, 0.25) is 0 Å². The Morgan fingerprint density at radius 1 is 1.30 bits per heavy atom. The first kappa shape index (κ1) is 18.6. The number of nitrogens with one attached hydrogen (secondary N) is 1. The van der Waals surface area contributed by atoms with Gasteiger partial charge in [-0.3, -0.25) is 5.21 Å². The number of halogens is 3. The summed E-state index contributed by atoms with van der Waals surface area (Å²) in [5.74, 6) is 0. The van der Waals surface area contributed by atoms with Gasteiger partial charge in [-0.05, 0) is 25.1 Å². The number of carbonyl (C=O) groups is 2. The minimum absolute atomic E-state index is 0.0559. The first-order valence-electron chi connectivity index (χ1n) is 6.49. The zero-order valence-corrected chi connectivity index (χ0v) is 12.1. The molecule has 10 heteroatoms. The molecule has 0 heterocycles. The fourth-order valence-electron chi connectivity index (χ4n) is 1.45. The van der Waals surface area contributed by atoms with Crippen LogP contribution >= 0.6 is 0 Å². The van der Waals surface area contributed by atoms with E-state index in [-0.39, 0.29) is 24.8 Å². The molecule has 0 bridgehead atoms. The molecule has 0 aliphatic carbocycles. The Labute approximate surface area is 129 Å². The van der Waals surface area contributed by atoms with E-state index >= 15 is 0 Å². The lowest BCUT2D eigenvalue weighted by molar-refractivity contribution is -0.137. The van der Waals surface area contributed by atoms with Crippen molar-refractivity contribution in [3.8, 4) is 0 Å². The summed E-state index contributed by atoms with van der Waals surface area (Å²) in [4.78, 5) is 22.4. The molecule has 0 unspecified atom stereocenters. The van der Waals surface area contributed by atoms with E-state index < -0.39 is 29.6 Å². The molecule has 0 fully saturated rings. The molecule has 128 valence electrons. The maximum Gasteiger partial charge on any atom is 0.438 e. The molecule has 2 amide bonds. The van der Waals surface area contributed by atoms with E-state index in [1.807, 2.05) is 0 Å². The third-order valence-corrected chi connectivity index (χ3v) is 2.46. The first-order valence-corrected chi connectivity index (χ1v) is 6.49. The topological polar surface area (TPSA) is 88.1 Å². The van der Waals surface area contributed by atoms with Crippen LogP contribution in [0.25, 0.3) is 0 Å². The van der Waals surface area contributed by atoms with Gasteiger partial charge in [0.05, 0.1) is 24.4 Å². The number of alkyl halides is 3. The maximum atomic E-state index is 12.6. The molecule has 1 rings (SSSR count). The predicted octanol–water partition coefficient (Wildman–Crippen LogP) is 2.78. The molecule has 0 atom stereocenters. The summed E-state index contributed by atoms with van der Waals surface area (Å²) in [6.45, 7) is 1.40. The van der Waals surface area contributed by atoms with Gasteiger partial charge in [-0.1, -0.05) is 6.07 Å². The van der Waals surface area contributed by atoms with Gasteiger partial charge in [-0.2, -0.15) is 18.2 Å². The highest BCUT2D eigenvalue weighted by atomic mass is 19.4. The molecule has 0 saturated carbocycles. The quantitative estimate of drug-likeness (QED) is 0.490. The van der Waals surface area contributed by atoms with Gasteiger partial charge in [-0.25, -0.2) is 9.59 Å². The highest BCUT2D eigenvalue weighted by molar-refractivity contribution is 5.85. The Morgan fingerprint density at radius 2 is 2.00 bits per heavy atom. The number of hydrogen-bond donors (Lipinski definition) is 2. The zero-order valence-electron chi connectivity index (χ0n) is 12.1. The second-order valence-corrected chi connectivity index (χ2v) is 4.12. The summed E-state index contributed by atoms with van der Waals surface area (Å²) in [6, 6.07) is 3.54. The summed E-state index contributed by atoms with van der Waals surface area (Å²) in [6.07, 6.45) is -6.60. The number of carbonyl (C=O) groups excluding carboxylic acids is 2. The number of hydrogen-bond acceptors (Lipinski definition) is 5. The normalized spacial score (nSPS) is 10.8. The van der Waals surface area contributed by atoms with Crippen molar-refractivity contribution in [1.29, 1.82) is 0 Å². The lowest BCUT2D eigenvalue weighted by atomic mass is 10.2. The van der Waals surface area contributed by atoms with Crippen LogP contribution < -0.4 is 10.4 Å². The molecule has 0 aromatic heterocycles. The van der Waals surface area contributed by atoms with Crippen LogP contribution in [0.3, 0.4) is 0 Å². The van der Waals surface area contributed by atoms with Crippen molar-refractivity contribution in [1.82, 2.24) is 5.32 Å². The van der Waals surface area contributed by atoms with Gasteiger partial charge in [0, 0.05) is 0 Å². The van der Waals surface area contributed by atoms with E-state index in [9.17, 15) is 28.0 Å². The Kier molecular flexibility index (Phi) is 6.64. The lowest BCUT2D eigenvalue weighted by Gasteiger charge is -2.16. The SMILES string of the molecule is CCOC(=O)NCCOC(=O)N(O)c1cccc(C(F)(F)F)c1. The van der Waals surface area contributed by atoms with E-state index in [0.717, 1.165) is 18.2 Å². The van der Waals surface area contributed by atoms with Crippen LogP contribution in [0, 0.1) is 0 Å². The van der Waals surface area contributed by atoms with Gasteiger partial charge in [-0.15, -0.1) is 0 Å². The number of hydroxylamine groups is 1. The Morgan fingerprint density at radius 3 is 2.61 bits per heavy atom. The van der Waals surface area contributed by atoms with Gasteiger partial charge >= 0.3 is 18.4 Å². The molecular weight excluding hydrogens is 321 g/mol. The van der Waals surface area contributed by atoms with Crippen molar-refractivity contribution in [2.45, 2.75) is 13.1 Å². The standard InChI is InChI=1S/C13H15F3N2O5/c1-2-22-11(19)17-6-7-23-12(20)18(21)10-5-3-4-9(8-10)13(14,15)16/h3-5,8,21H,2,6-7H2,1H3,(H,17,19). The highest BCUT2D eigenvalue weighted by Gasteiger charge is 2.31. The molecular formula is C13H15F3N2O5. The van der Waals surface area contributed by atoms with E-state index in [1.165, 1.54) is 0 Å². The van der Waals surface area contributed by atoms with Crippen molar-refractivity contribution in [2.24, 2.45) is 0 Å². The van der Waals surface area contributed by atoms with E-state index in [1.54, 1.807) is 6.92 Å². The van der Waals surface area contributed by atoms with E-state index in [2.05, 4.69) is 14.8 Å². The van der Waals surface area contributed by atoms with Crippen LogP contribution in [-0.2, 0) is 15.7 Å². The molecule has 1 aromatic carbocycles. The van der Waals surface area contributed by atoms with E-state index in [4.69, 9.17) is 0 Å². The molecule has 0 spiro atoms. The Bertz CT molecular complexity index is 551. The van der Waals surface area contributed by atoms with E-state index in [0.29, 0.717) is 6.07 Å². The second-order valence-electron chi connectivity index (χ2n) is 4.12. The molecule has 2 N–H and O–H groups in total. The maximum absolute atomic E-state index is 12.6. The van der Waals surface area contributed by atoms with Gasteiger partial charge < -0.3 is 14.8 Å². The number of rotatable bonds is 5. The smallest absolute Gasteiger partial charge is 0.438 e. The van der Waals surface area contributed by atoms with Crippen molar-refractivity contribution >= 4 is 17.9 Å². The van der Waals surface area contributed by atoms with Crippen LogP contribution in [0.15, 0.2) is 24.3 Å². The third kappa shape index (κ3) is 6.02. The fourth-order valence-corrected chi connectivity index (χ4v) is 1.45. The summed E-state index contributed by atoms with van der Waals surface area (Å²) in [5.41, 5.74) is -1.42. The highest BCUT2D eigenvalue weighted by Crippen LogP contribution is 2.31. The number of anilines is 1. The minimum Gasteiger partial charge on any atom is -0.450 e. The summed E-state index contributed by atoms with van der Waals surface area (Å²) in [7, 11) is 0. The van der Waals surface area contributed by atoms with Crippen LogP contribution in [0.5, 0.6) is 0 Å².